The van der Waals surface area contributed by atoms with E-state index in [0.717, 1.165) is 6.42 Å². The molecule has 1 fully saturated rings. The van der Waals surface area contributed by atoms with Gasteiger partial charge in [0.1, 0.15) is 0 Å². The maximum atomic E-state index is 12.8. The predicted octanol–water partition coefficient (Wildman–Crippen LogP) is 2.30. The van der Waals surface area contributed by atoms with Crippen LogP contribution in [0.4, 0.5) is 5.69 Å². The van der Waals surface area contributed by atoms with E-state index in [1.165, 1.54) is 5.56 Å². The van der Waals surface area contributed by atoms with Gasteiger partial charge in [-0.2, -0.15) is 5.10 Å². The van der Waals surface area contributed by atoms with Crippen molar-refractivity contribution in [1.29, 1.82) is 0 Å². The molecule has 2 amide bonds. The zero-order chi connectivity index (χ0) is 19.3. The summed E-state index contributed by atoms with van der Waals surface area (Å²) in [5, 5.41) is 7.08. The van der Waals surface area contributed by atoms with E-state index in [-0.39, 0.29) is 24.2 Å². The first kappa shape index (κ1) is 17.9. The number of carbonyl (C=O) groups is 2. The van der Waals surface area contributed by atoms with Gasteiger partial charge in [0.2, 0.25) is 11.8 Å². The summed E-state index contributed by atoms with van der Waals surface area (Å²) in [6.07, 6.45) is 6.09. The fourth-order valence-corrected chi connectivity index (χ4v) is 3.38. The lowest BCUT2D eigenvalue weighted by molar-refractivity contribution is -0.128. The SMILES string of the molecule is O=C(Nc1cccnc1-n1cccn1)C1CC(=O)N(CCc2ccccc2)C1. The number of nitrogens with one attached hydrogen (secondary N) is 1. The van der Waals surface area contributed by atoms with Crippen molar-refractivity contribution in [2.75, 3.05) is 18.4 Å². The maximum Gasteiger partial charge on any atom is 0.229 e. The molecule has 28 heavy (non-hydrogen) atoms. The first-order valence-corrected chi connectivity index (χ1v) is 9.28. The van der Waals surface area contributed by atoms with Gasteiger partial charge in [-0.05, 0) is 30.2 Å². The van der Waals surface area contributed by atoms with Crippen molar-refractivity contribution >= 4 is 17.5 Å². The van der Waals surface area contributed by atoms with Gasteiger partial charge in [0.15, 0.2) is 5.82 Å². The molecule has 1 aliphatic heterocycles. The Hall–Kier alpha value is -3.48. The Morgan fingerprint density at radius 1 is 1.11 bits per heavy atom. The molecular weight excluding hydrogens is 354 g/mol. The van der Waals surface area contributed by atoms with Crippen molar-refractivity contribution in [3.63, 3.8) is 0 Å². The topological polar surface area (TPSA) is 80.1 Å². The Morgan fingerprint density at radius 3 is 2.75 bits per heavy atom. The van der Waals surface area contributed by atoms with Gasteiger partial charge in [0.05, 0.1) is 11.6 Å². The number of nitrogens with zero attached hydrogens (tertiary/aromatic N) is 4. The van der Waals surface area contributed by atoms with Crippen LogP contribution in [-0.2, 0) is 16.0 Å². The highest BCUT2D eigenvalue weighted by atomic mass is 16.2. The Morgan fingerprint density at radius 2 is 1.96 bits per heavy atom. The fraction of sp³-hybridized carbons (Fsp3) is 0.238. The van der Waals surface area contributed by atoms with Gasteiger partial charge in [-0.25, -0.2) is 9.67 Å². The summed E-state index contributed by atoms with van der Waals surface area (Å²) in [5.41, 5.74) is 1.76. The molecule has 0 spiro atoms. The van der Waals surface area contributed by atoms with Crippen molar-refractivity contribution < 1.29 is 9.59 Å². The van der Waals surface area contributed by atoms with Crippen LogP contribution in [-0.4, -0.2) is 44.6 Å². The molecule has 1 saturated heterocycles. The third kappa shape index (κ3) is 3.93. The molecule has 0 radical (unpaired) electrons. The van der Waals surface area contributed by atoms with E-state index in [9.17, 15) is 9.59 Å². The van der Waals surface area contributed by atoms with Crippen LogP contribution in [0.25, 0.3) is 5.82 Å². The molecule has 1 N–H and O–H groups in total. The number of aromatic nitrogens is 3. The summed E-state index contributed by atoms with van der Waals surface area (Å²) in [5.74, 6) is 0.0339. The second kappa shape index (κ2) is 8.04. The lowest BCUT2D eigenvalue weighted by atomic mass is 10.1. The molecule has 0 aliphatic carbocycles. The van der Waals surface area contributed by atoms with Crippen LogP contribution in [0, 0.1) is 5.92 Å². The van der Waals surface area contributed by atoms with Crippen LogP contribution in [0.3, 0.4) is 0 Å². The normalized spacial score (nSPS) is 16.4. The number of benzene rings is 1. The summed E-state index contributed by atoms with van der Waals surface area (Å²) < 4.78 is 1.60. The van der Waals surface area contributed by atoms with Crippen molar-refractivity contribution in [3.8, 4) is 5.82 Å². The average Bonchev–Trinajstić information content (AvgIpc) is 3.38. The molecule has 1 unspecified atom stereocenters. The molecule has 7 heteroatoms. The Balaban J connectivity index is 1.39. The molecule has 3 heterocycles. The minimum absolute atomic E-state index is 0.0227. The standard InChI is InChI=1S/C21H21N5O2/c27-19-14-17(15-25(19)13-9-16-6-2-1-3-7-16)21(28)24-18-8-4-10-22-20(18)26-12-5-11-23-26/h1-8,10-12,17H,9,13-15H2,(H,24,28). The van der Waals surface area contributed by atoms with Gasteiger partial charge >= 0.3 is 0 Å². The summed E-state index contributed by atoms with van der Waals surface area (Å²) >= 11 is 0. The van der Waals surface area contributed by atoms with Crippen molar-refractivity contribution in [2.45, 2.75) is 12.8 Å². The summed E-state index contributed by atoms with van der Waals surface area (Å²) in [7, 11) is 0. The predicted molar refractivity (Wildman–Crippen MR) is 105 cm³/mol. The number of likely N-dealkylation sites (tertiary alicyclic amines) is 1. The molecule has 1 aromatic carbocycles. The fourth-order valence-electron chi connectivity index (χ4n) is 3.38. The van der Waals surface area contributed by atoms with Crippen LogP contribution < -0.4 is 5.32 Å². The Labute approximate surface area is 163 Å². The number of carbonyl (C=O) groups excluding carboxylic acids is 2. The van der Waals surface area contributed by atoms with E-state index < -0.39 is 0 Å². The van der Waals surface area contributed by atoms with Crippen LogP contribution >= 0.6 is 0 Å². The Bertz CT molecular complexity index is 956. The quantitative estimate of drug-likeness (QED) is 0.717. The van der Waals surface area contributed by atoms with Gasteiger partial charge in [0.25, 0.3) is 0 Å². The maximum absolute atomic E-state index is 12.8. The molecule has 7 nitrogen and oxygen atoms in total. The number of rotatable bonds is 6. The van der Waals surface area contributed by atoms with Crippen molar-refractivity contribution in [2.24, 2.45) is 5.92 Å². The van der Waals surface area contributed by atoms with E-state index in [2.05, 4.69) is 15.4 Å². The molecular formula is C21H21N5O2. The molecule has 0 saturated carbocycles. The van der Waals surface area contributed by atoms with Crippen LogP contribution in [0.15, 0.2) is 67.1 Å². The summed E-state index contributed by atoms with van der Waals surface area (Å²) in [6.45, 7) is 1.06. The number of hydrogen-bond acceptors (Lipinski definition) is 4. The van der Waals surface area contributed by atoms with Crippen LogP contribution in [0.2, 0.25) is 0 Å². The lowest BCUT2D eigenvalue weighted by Gasteiger charge is -2.17. The minimum Gasteiger partial charge on any atom is -0.342 e. The summed E-state index contributed by atoms with van der Waals surface area (Å²) in [4.78, 5) is 31.2. The molecule has 4 rings (SSSR count). The summed E-state index contributed by atoms with van der Waals surface area (Å²) in [6, 6.07) is 15.4. The second-order valence-electron chi connectivity index (χ2n) is 6.79. The van der Waals surface area contributed by atoms with Gasteiger partial charge in [0, 0.05) is 38.1 Å². The Kier molecular flexibility index (Phi) is 5.14. The van der Waals surface area contributed by atoms with Crippen LogP contribution in [0.5, 0.6) is 0 Å². The van der Waals surface area contributed by atoms with Gasteiger partial charge < -0.3 is 10.2 Å². The third-order valence-corrected chi connectivity index (χ3v) is 4.86. The largest absolute Gasteiger partial charge is 0.342 e. The highest BCUT2D eigenvalue weighted by Crippen LogP contribution is 2.22. The molecule has 0 bridgehead atoms. The molecule has 3 aromatic rings. The molecule has 1 atom stereocenters. The first-order chi connectivity index (χ1) is 13.7. The van der Waals surface area contributed by atoms with E-state index >= 15 is 0 Å². The van der Waals surface area contributed by atoms with Gasteiger partial charge in [-0.15, -0.1) is 0 Å². The van der Waals surface area contributed by atoms with E-state index in [1.54, 1.807) is 46.4 Å². The molecule has 142 valence electrons. The number of anilines is 1. The minimum atomic E-state index is -0.367. The first-order valence-electron chi connectivity index (χ1n) is 9.28. The van der Waals surface area contributed by atoms with Crippen molar-refractivity contribution in [1.82, 2.24) is 19.7 Å². The van der Waals surface area contributed by atoms with Crippen molar-refractivity contribution in [3.05, 3.63) is 72.7 Å². The van der Waals surface area contributed by atoms with E-state index in [1.807, 2.05) is 30.3 Å². The van der Waals surface area contributed by atoms with Crippen LogP contribution in [0.1, 0.15) is 12.0 Å². The monoisotopic (exact) mass is 375 g/mol. The highest BCUT2D eigenvalue weighted by molar-refractivity contribution is 5.98. The van der Waals surface area contributed by atoms with E-state index in [0.29, 0.717) is 24.6 Å². The number of amides is 2. The third-order valence-electron chi connectivity index (χ3n) is 4.86. The molecule has 2 aromatic heterocycles. The van der Waals surface area contributed by atoms with E-state index in [4.69, 9.17) is 0 Å². The lowest BCUT2D eigenvalue weighted by Crippen LogP contribution is -2.30. The number of pyridine rings is 1. The van der Waals surface area contributed by atoms with Gasteiger partial charge in [-0.3, -0.25) is 9.59 Å². The smallest absolute Gasteiger partial charge is 0.229 e. The number of hydrogen-bond donors (Lipinski definition) is 1. The second-order valence-corrected chi connectivity index (χ2v) is 6.79. The average molecular weight is 375 g/mol. The highest BCUT2D eigenvalue weighted by Gasteiger charge is 2.34. The zero-order valence-corrected chi connectivity index (χ0v) is 15.4. The molecule has 1 aliphatic rings. The zero-order valence-electron chi connectivity index (χ0n) is 15.4. The van der Waals surface area contributed by atoms with Gasteiger partial charge in [-0.1, -0.05) is 30.3 Å².